The number of carbonyl (C=O) groups excluding carboxylic acids is 2. The minimum absolute atomic E-state index is 0.0727. The van der Waals surface area contributed by atoms with Gasteiger partial charge in [0.05, 0.1) is 6.04 Å². The third-order valence-corrected chi connectivity index (χ3v) is 3.19. The van der Waals surface area contributed by atoms with Gasteiger partial charge in [-0.1, -0.05) is 0 Å². The van der Waals surface area contributed by atoms with Gasteiger partial charge in [-0.05, 0) is 26.7 Å². The molecule has 0 aromatic carbocycles. The number of likely N-dealkylation sites (N-methyl/N-ethyl adjacent to an activating group) is 1. The van der Waals surface area contributed by atoms with E-state index < -0.39 is 0 Å². The molecule has 1 fully saturated rings. The average Bonchev–Trinajstić information content (AvgIpc) is 2.51. The number of rotatable bonds is 4. The lowest BCUT2D eigenvalue weighted by molar-refractivity contribution is -0.132. The van der Waals surface area contributed by atoms with E-state index in [4.69, 9.17) is 0 Å². The topological polar surface area (TPSA) is 61.4 Å². The molecule has 0 spiro atoms. The summed E-state index contributed by atoms with van der Waals surface area (Å²) < 4.78 is 0. The van der Waals surface area contributed by atoms with Crippen molar-refractivity contribution >= 4 is 11.8 Å². The third-order valence-electron chi connectivity index (χ3n) is 3.19. The van der Waals surface area contributed by atoms with Crippen LogP contribution in [0.4, 0.5) is 0 Å². The highest BCUT2D eigenvalue weighted by Gasteiger charge is 2.23. The lowest BCUT2D eigenvalue weighted by atomic mass is 10.1. The van der Waals surface area contributed by atoms with Crippen LogP contribution in [0.15, 0.2) is 0 Å². The van der Waals surface area contributed by atoms with Crippen molar-refractivity contribution in [3.63, 3.8) is 0 Å². The van der Waals surface area contributed by atoms with Crippen molar-refractivity contribution in [2.45, 2.75) is 45.2 Å². The summed E-state index contributed by atoms with van der Waals surface area (Å²) in [7, 11) is 1.79. The van der Waals surface area contributed by atoms with Gasteiger partial charge in [0.25, 0.3) is 0 Å². The Balaban J connectivity index is 2.46. The molecular weight excluding hydrogens is 218 g/mol. The minimum atomic E-state index is -0.226. The maximum atomic E-state index is 11.9. The van der Waals surface area contributed by atoms with Crippen molar-refractivity contribution in [1.82, 2.24) is 15.5 Å². The molecule has 1 heterocycles. The smallest absolute Gasteiger partial charge is 0.239 e. The standard InChI is InChI=1S/C12H23N3O2/c1-4-15(3)12(17)9(2)14-10-6-5-7-13-11(16)8-10/h9-10,14H,4-8H2,1-3H3,(H,13,16). The van der Waals surface area contributed by atoms with Crippen LogP contribution in [0, 0.1) is 0 Å². The summed E-state index contributed by atoms with van der Waals surface area (Å²) in [5, 5.41) is 6.09. The highest BCUT2D eigenvalue weighted by atomic mass is 16.2. The minimum Gasteiger partial charge on any atom is -0.356 e. The number of hydrogen-bond donors (Lipinski definition) is 2. The zero-order valence-electron chi connectivity index (χ0n) is 11.0. The molecule has 2 N–H and O–H groups in total. The van der Waals surface area contributed by atoms with Crippen molar-refractivity contribution in [2.75, 3.05) is 20.1 Å². The van der Waals surface area contributed by atoms with Crippen LogP contribution in [0.3, 0.4) is 0 Å². The first-order valence-electron chi connectivity index (χ1n) is 6.32. The second-order valence-corrected chi connectivity index (χ2v) is 4.63. The molecule has 98 valence electrons. The van der Waals surface area contributed by atoms with Crippen molar-refractivity contribution in [3.8, 4) is 0 Å². The van der Waals surface area contributed by atoms with E-state index in [0.29, 0.717) is 13.0 Å². The van der Waals surface area contributed by atoms with Crippen molar-refractivity contribution in [3.05, 3.63) is 0 Å². The first-order chi connectivity index (χ1) is 8.04. The molecule has 0 bridgehead atoms. The van der Waals surface area contributed by atoms with E-state index >= 15 is 0 Å². The van der Waals surface area contributed by atoms with E-state index in [2.05, 4.69) is 10.6 Å². The van der Waals surface area contributed by atoms with Gasteiger partial charge in [-0.2, -0.15) is 0 Å². The fraction of sp³-hybridized carbons (Fsp3) is 0.833. The first kappa shape index (κ1) is 14.0. The monoisotopic (exact) mass is 241 g/mol. The molecule has 0 saturated carbocycles. The Hall–Kier alpha value is -1.10. The SMILES string of the molecule is CCN(C)C(=O)C(C)NC1CCCNC(=O)C1. The molecule has 2 unspecified atom stereocenters. The molecule has 1 aliphatic heterocycles. The van der Waals surface area contributed by atoms with E-state index in [1.54, 1.807) is 11.9 Å². The van der Waals surface area contributed by atoms with Gasteiger partial charge in [-0.25, -0.2) is 0 Å². The summed E-state index contributed by atoms with van der Waals surface area (Å²) >= 11 is 0. The van der Waals surface area contributed by atoms with Crippen molar-refractivity contribution in [2.24, 2.45) is 0 Å². The van der Waals surface area contributed by atoms with E-state index in [0.717, 1.165) is 19.4 Å². The van der Waals surface area contributed by atoms with Crippen LogP contribution < -0.4 is 10.6 Å². The van der Waals surface area contributed by atoms with Gasteiger partial charge in [-0.3, -0.25) is 9.59 Å². The van der Waals surface area contributed by atoms with Crippen molar-refractivity contribution in [1.29, 1.82) is 0 Å². The Labute approximate surface area is 103 Å². The Morgan fingerprint density at radius 2 is 2.35 bits per heavy atom. The summed E-state index contributed by atoms with van der Waals surface area (Å²) in [4.78, 5) is 25.0. The van der Waals surface area contributed by atoms with Crippen molar-refractivity contribution < 1.29 is 9.59 Å². The number of nitrogens with zero attached hydrogens (tertiary/aromatic N) is 1. The molecule has 5 nitrogen and oxygen atoms in total. The predicted octanol–water partition coefficient (Wildman–Crippen LogP) is 0.112. The van der Waals surface area contributed by atoms with Gasteiger partial charge < -0.3 is 15.5 Å². The second-order valence-electron chi connectivity index (χ2n) is 4.63. The molecular formula is C12H23N3O2. The van der Waals surface area contributed by atoms with Crippen LogP contribution in [0.25, 0.3) is 0 Å². The Kier molecular flexibility index (Phi) is 5.41. The summed E-state index contributed by atoms with van der Waals surface area (Å²) in [5.74, 6) is 0.153. The molecule has 1 aliphatic rings. The molecule has 2 amide bonds. The summed E-state index contributed by atoms with van der Waals surface area (Å²) in [6.45, 7) is 5.26. The highest BCUT2D eigenvalue weighted by molar-refractivity contribution is 5.81. The molecule has 17 heavy (non-hydrogen) atoms. The molecule has 0 radical (unpaired) electrons. The molecule has 0 aliphatic carbocycles. The molecule has 5 heteroatoms. The molecule has 0 aromatic heterocycles. The zero-order valence-corrected chi connectivity index (χ0v) is 11.0. The van der Waals surface area contributed by atoms with Crippen LogP contribution >= 0.6 is 0 Å². The Bertz CT molecular complexity index is 281. The third kappa shape index (κ3) is 4.34. The first-order valence-corrected chi connectivity index (χ1v) is 6.32. The van der Waals surface area contributed by atoms with Gasteiger partial charge in [0.15, 0.2) is 0 Å². The summed E-state index contributed by atoms with van der Waals surface area (Å²) in [6.07, 6.45) is 2.37. The maximum absolute atomic E-state index is 11.9. The van der Waals surface area contributed by atoms with Gasteiger partial charge in [0.1, 0.15) is 0 Å². The normalized spacial score (nSPS) is 22.5. The molecule has 2 atom stereocenters. The van der Waals surface area contributed by atoms with Gasteiger partial charge >= 0.3 is 0 Å². The number of carbonyl (C=O) groups is 2. The van der Waals surface area contributed by atoms with E-state index in [1.165, 1.54) is 0 Å². The predicted molar refractivity (Wildman–Crippen MR) is 66.6 cm³/mol. The van der Waals surface area contributed by atoms with Crippen LogP contribution in [0.2, 0.25) is 0 Å². The Morgan fingerprint density at radius 3 is 3.00 bits per heavy atom. The largest absolute Gasteiger partial charge is 0.356 e. The zero-order chi connectivity index (χ0) is 12.8. The van der Waals surface area contributed by atoms with Gasteiger partial charge in [0.2, 0.25) is 11.8 Å². The van der Waals surface area contributed by atoms with E-state index in [-0.39, 0.29) is 23.9 Å². The highest BCUT2D eigenvalue weighted by Crippen LogP contribution is 2.07. The molecule has 1 rings (SSSR count). The van der Waals surface area contributed by atoms with Crippen LogP contribution in [0.5, 0.6) is 0 Å². The fourth-order valence-electron chi connectivity index (χ4n) is 2.03. The number of nitrogens with one attached hydrogen (secondary N) is 2. The average molecular weight is 241 g/mol. The van der Waals surface area contributed by atoms with Crippen LogP contribution in [-0.2, 0) is 9.59 Å². The second kappa shape index (κ2) is 6.59. The Morgan fingerprint density at radius 1 is 1.65 bits per heavy atom. The van der Waals surface area contributed by atoms with Crippen LogP contribution in [-0.4, -0.2) is 48.9 Å². The van der Waals surface area contributed by atoms with E-state index in [9.17, 15) is 9.59 Å². The van der Waals surface area contributed by atoms with Gasteiger partial charge in [-0.15, -0.1) is 0 Å². The lowest BCUT2D eigenvalue weighted by Gasteiger charge is -2.24. The van der Waals surface area contributed by atoms with Gasteiger partial charge in [0, 0.05) is 32.6 Å². The number of hydrogen-bond acceptors (Lipinski definition) is 3. The lowest BCUT2D eigenvalue weighted by Crippen LogP contribution is -2.47. The fourth-order valence-corrected chi connectivity index (χ4v) is 2.03. The number of amides is 2. The molecule has 0 aromatic rings. The summed E-state index contributed by atoms with van der Waals surface area (Å²) in [6, 6.07) is -0.113. The van der Waals surface area contributed by atoms with Crippen LogP contribution in [0.1, 0.15) is 33.1 Å². The quantitative estimate of drug-likeness (QED) is 0.734. The summed E-state index contributed by atoms with van der Waals surface area (Å²) in [5.41, 5.74) is 0. The maximum Gasteiger partial charge on any atom is 0.239 e. The van der Waals surface area contributed by atoms with E-state index in [1.807, 2.05) is 13.8 Å². The molecule has 1 saturated heterocycles.